The number of imidazole rings is 1. The van der Waals surface area contributed by atoms with Gasteiger partial charge in [-0.3, -0.25) is 14.5 Å². The van der Waals surface area contributed by atoms with Crippen molar-refractivity contribution in [1.82, 2.24) is 15.0 Å². The van der Waals surface area contributed by atoms with Gasteiger partial charge in [0.2, 0.25) is 11.5 Å². The number of para-hydroxylation sites is 1. The van der Waals surface area contributed by atoms with Gasteiger partial charge in [-0.05, 0) is 42.0 Å². The van der Waals surface area contributed by atoms with Crippen LogP contribution in [0, 0.1) is 0 Å². The average Bonchev–Trinajstić information content (AvgIpc) is 3.59. The van der Waals surface area contributed by atoms with E-state index >= 15 is 0 Å². The van der Waals surface area contributed by atoms with Crippen LogP contribution in [0.4, 0.5) is 5.69 Å². The number of nitrogens with zero attached hydrogens (tertiary/aromatic N) is 2. The summed E-state index contributed by atoms with van der Waals surface area (Å²) in [6.45, 7) is 0. The molecule has 33 heavy (non-hydrogen) atoms. The number of rotatable bonds is 4. The molecular weight excluding hydrogens is 424 g/mol. The van der Waals surface area contributed by atoms with Crippen molar-refractivity contribution >= 4 is 45.3 Å². The number of carbonyl (C=O) groups is 3. The molecule has 162 valence electrons. The summed E-state index contributed by atoms with van der Waals surface area (Å²) < 4.78 is 5.61. The first kappa shape index (κ1) is 19.1. The van der Waals surface area contributed by atoms with E-state index in [1.165, 1.54) is 17.0 Å². The SMILES string of the molecule is O=C(O)c1ccc(C2C(c3c[nH]c4ccccc34)C(=O)C(=O)N2c2ccc3nc[nH]c3c2)o1. The number of carbonyl (C=O) groups excluding carboxylic acids is 2. The van der Waals surface area contributed by atoms with Crippen molar-refractivity contribution in [2.75, 3.05) is 4.90 Å². The van der Waals surface area contributed by atoms with Gasteiger partial charge in [0.15, 0.2) is 0 Å². The van der Waals surface area contributed by atoms with Gasteiger partial charge in [-0.1, -0.05) is 18.2 Å². The molecule has 0 spiro atoms. The lowest BCUT2D eigenvalue weighted by Crippen LogP contribution is -2.29. The average molecular weight is 440 g/mol. The number of furan rings is 1. The van der Waals surface area contributed by atoms with Crippen LogP contribution in [0.5, 0.6) is 0 Å². The number of aromatic nitrogens is 3. The van der Waals surface area contributed by atoms with Crippen LogP contribution < -0.4 is 4.90 Å². The molecule has 5 aromatic rings. The smallest absolute Gasteiger partial charge is 0.371 e. The van der Waals surface area contributed by atoms with E-state index in [2.05, 4.69) is 15.0 Å². The number of anilines is 1. The minimum atomic E-state index is -1.23. The van der Waals surface area contributed by atoms with E-state index in [4.69, 9.17) is 4.42 Å². The third-order valence-corrected chi connectivity index (χ3v) is 6.07. The number of carboxylic acids is 1. The molecule has 1 fully saturated rings. The van der Waals surface area contributed by atoms with Crippen LogP contribution in [-0.2, 0) is 9.59 Å². The molecule has 1 saturated heterocycles. The summed E-state index contributed by atoms with van der Waals surface area (Å²) in [5.41, 5.74) is 3.37. The van der Waals surface area contributed by atoms with E-state index in [-0.39, 0.29) is 11.5 Å². The fraction of sp³-hybridized carbons (Fsp3) is 0.0833. The van der Waals surface area contributed by atoms with Gasteiger partial charge in [-0.15, -0.1) is 0 Å². The van der Waals surface area contributed by atoms with E-state index in [1.807, 2.05) is 24.3 Å². The van der Waals surface area contributed by atoms with Crippen LogP contribution in [0.25, 0.3) is 21.9 Å². The van der Waals surface area contributed by atoms with Crippen LogP contribution in [0.15, 0.2) is 71.5 Å². The second kappa shape index (κ2) is 6.92. The van der Waals surface area contributed by atoms with Gasteiger partial charge >= 0.3 is 5.97 Å². The standard InChI is InChI=1S/C24H16N4O5/c29-22-20(14-10-25-15-4-2-1-3-13(14)15)21(18-7-8-19(33-18)24(31)32)28(23(22)30)12-5-6-16-17(9-12)27-11-26-16/h1-11,20-21,25H,(H,26,27)(H,31,32). The summed E-state index contributed by atoms with van der Waals surface area (Å²) >= 11 is 0. The zero-order valence-electron chi connectivity index (χ0n) is 17.0. The Balaban J connectivity index is 1.56. The number of fused-ring (bicyclic) bond motifs is 2. The van der Waals surface area contributed by atoms with Crippen LogP contribution in [0.2, 0.25) is 0 Å². The molecule has 1 aliphatic rings. The highest BCUT2D eigenvalue weighted by Crippen LogP contribution is 2.47. The molecule has 3 N–H and O–H groups in total. The summed E-state index contributed by atoms with van der Waals surface area (Å²) in [7, 11) is 0. The van der Waals surface area contributed by atoms with Crippen molar-refractivity contribution in [2.24, 2.45) is 0 Å². The maximum absolute atomic E-state index is 13.4. The fourth-order valence-electron chi connectivity index (χ4n) is 4.60. The van der Waals surface area contributed by atoms with Crippen LogP contribution >= 0.6 is 0 Å². The number of carboxylic acid groups (broad SMARTS) is 1. The van der Waals surface area contributed by atoms with Crippen molar-refractivity contribution in [3.8, 4) is 0 Å². The number of Topliss-reactive ketones (excluding diaryl/α,β-unsaturated/α-hetero) is 1. The molecule has 0 bridgehead atoms. The van der Waals surface area contributed by atoms with Crippen molar-refractivity contribution in [2.45, 2.75) is 12.0 Å². The Hall–Kier alpha value is -4.66. The van der Waals surface area contributed by atoms with Crippen LogP contribution in [-0.4, -0.2) is 37.7 Å². The summed E-state index contributed by atoms with van der Waals surface area (Å²) in [4.78, 5) is 49.9. The number of H-pyrrole nitrogens is 2. The summed E-state index contributed by atoms with van der Waals surface area (Å²) in [5.74, 6) is -3.46. The Labute approximate surface area is 185 Å². The third-order valence-electron chi connectivity index (χ3n) is 6.07. The highest BCUT2D eigenvalue weighted by atomic mass is 16.4. The maximum Gasteiger partial charge on any atom is 0.371 e. The number of ketones is 1. The lowest BCUT2D eigenvalue weighted by atomic mass is 9.89. The Morgan fingerprint density at radius 1 is 1.03 bits per heavy atom. The quantitative estimate of drug-likeness (QED) is 0.365. The topological polar surface area (TPSA) is 132 Å². The zero-order valence-corrected chi connectivity index (χ0v) is 17.0. The number of amides is 1. The van der Waals surface area contributed by atoms with Crippen LogP contribution in [0.1, 0.15) is 33.8 Å². The Morgan fingerprint density at radius 2 is 1.88 bits per heavy atom. The van der Waals surface area contributed by atoms with Gasteiger partial charge in [-0.2, -0.15) is 0 Å². The van der Waals surface area contributed by atoms with Gasteiger partial charge in [0, 0.05) is 22.8 Å². The molecule has 2 atom stereocenters. The lowest BCUT2D eigenvalue weighted by molar-refractivity contribution is -0.134. The van der Waals surface area contributed by atoms with Gasteiger partial charge in [0.1, 0.15) is 11.8 Å². The first-order chi connectivity index (χ1) is 16.0. The zero-order chi connectivity index (χ0) is 22.7. The fourth-order valence-corrected chi connectivity index (χ4v) is 4.60. The molecule has 9 nitrogen and oxygen atoms in total. The third kappa shape index (κ3) is 2.79. The molecule has 1 amide bonds. The minimum Gasteiger partial charge on any atom is -0.475 e. The van der Waals surface area contributed by atoms with Crippen molar-refractivity contribution in [1.29, 1.82) is 0 Å². The monoisotopic (exact) mass is 440 g/mol. The number of aromatic carboxylic acids is 1. The predicted octanol–water partition coefficient (Wildman–Crippen LogP) is 3.78. The predicted molar refractivity (Wildman–Crippen MR) is 118 cm³/mol. The number of nitrogens with one attached hydrogen (secondary N) is 2. The Bertz CT molecular complexity index is 1580. The molecule has 0 radical (unpaired) electrons. The second-order valence-electron chi connectivity index (χ2n) is 7.86. The summed E-state index contributed by atoms with van der Waals surface area (Å²) in [6.07, 6.45) is 3.26. The number of aromatic amines is 2. The molecular formula is C24H16N4O5. The molecule has 0 aliphatic carbocycles. The normalized spacial score (nSPS) is 18.6. The summed E-state index contributed by atoms with van der Waals surface area (Å²) in [6, 6.07) is 14.6. The van der Waals surface area contributed by atoms with E-state index in [0.717, 1.165) is 10.9 Å². The van der Waals surface area contributed by atoms with E-state index in [0.29, 0.717) is 22.3 Å². The van der Waals surface area contributed by atoms with E-state index in [9.17, 15) is 19.5 Å². The van der Waals surface area contributed by atoms with Crippen molar-refractivity contribution in [3.63, 3.8) is 0 Å². The van der Waals surface area contributed by atoms with Gasteiger partial charge < -0.3 is 19.5 Å². The number of hydrogen-bond donors (Lipinski definition) is 3. The molecule has 1 aliphatic heterocycles. The molecule has 0 saturated carbocycles. The Kier molecular flexibility index (Phi) is 4.00. The van der Waals surface area contributed by atoms with Crippen LogP contribution in [0.3, 0.4) is 0 Å². The second-order valence-corrected chi connectivity index (χ2v) is 7.86. The molecule has 3 aromatic heterocycles. The Morgan fingerprint density at radius 3 is 2.70 bits per heavy atom. The molecule has 9 heteroatoms. The van der Waals surface area contributed by atoms with E-state index in [1.54, 1.807) is 30.7 Å². The first-order valence-electron chi connectivity index (χ1n) is 10.2. The number of benzene rings is 2. The minimum absolute atomic E-state index is 0.214. The molecule has 6 rings (SSSR count). The van der Waals surface area contributed by atoms with Crippen molar-refractivity contribution in [3.05, 3.63) is 84.2 Å². The largest absolute Gasteiger partial charge is 0.475 e. The summed E-state index contributed by atoms with van der Waals surface area (Å²) in [5, 5.41) is 10.2. The number of hydrogen-bond acceptors (Lipinski definition) is 5. The first-order valence-corrected chi connectivity index (χ1v) is 10.2. The van der Waals surface area contributed by atoms with E-state index < -0.39 is 29.6 Å². The molecule has 2 aromatic carbocycles. The highest BCUT2D eigenvalue weighted by Gasteiger charge is 2.51. The van der Waals surface area contributed by atoms with Gasteiger partial charge in [0.05, 0.1) is 23.3 Å². The van der Waals surface area contributed by atoms with Crippen molar-refractivity contribution < 1.29 is 23.9 Å². The van der Waals surface area contributed by atoms with Gasteiger partial charge in [0.25, 0.3) is 5.91 Å². The maximum atomic E-state index is 13.4. The molecule has 4 heterocycles. The van der Waals surface area contributed by atoms with Gasteiger partial charge in [-0.25, -0.2) is 9.78 Å². The lowest BCUT2D eigenvalue weighted by Gasteiger charge is -2.25. The highest BCUT2D eigenvalue weighted by molar-refractivity contribution is 6.46. The molecule has 2 unspecified atom stereocenters.